The zero-order chi connectivity index (χ0) is 26.4. The Morgan fingerprint density at radius 1 is 1.14 bits per heavy atom. The first-order valence-electron chi connectivity index (χ1n) is 13.9. The molecule has 2 amide bonds. The van der Waals surface area contributed by atoms with Gasteiger partial charge >= 0.3 is 5.97 Å². The van der Waals surface area contributed by atoms with Crippen LogP contribution in [0.1, 0.15) is 70.5 Å². The SMILES string of the molecule is CCCCN(CCCC)C(=O)CN1CC(c2cc3ccccc3o2)C(C(=O)O)C1CCN1CCCC1=O. The summed E-state index contributed by atoms with van der Waals surface area (Å²) >= 11 is 0. The van der Waals surface area contributed by atoms with Crippen molar-refractivity contribution in [1.82, 2.24) is 14.7 Å². The molecule has 3 atom stereocenters. The van der Waals surface area contributed by atoms with Crippen LogP contribution in [0.25, 0.3) is 11.0 Å². The van der Waals surface area contributed by atoms with Crippen molar-refractivity contribution in [2.75, 3.05) is 39.3 Å². The molecule has 4 rings (SSSR count). The minimum atomic E-state index is -0.882. The van der Waals surface area contributed by atoms with E-state index in [1.54, 1.807) is 0 Å². The zero-order valence-corrected chi connectivity index (χ0v) is 22.2. The standard InChI is InChI=1S/C29H41N3O5/c1-3-5-14-30(15-6-4-2)27(34)20-32-19-22(25-18-21-10-7-8-11-24(21)37-25)28(29(35)36)23(32)13-17-31-16-9-12-26(31)33/h7-8,10-11,18,22-23,28H,3-6,9,12-17,19-20H2,1-2H3,(H,35,36). The second-order valence-corrected chi connectivity index (χ2v) is 10.5. The van der Waals surface area contributed by atoms with Crippen LogP contribution in [0.15, 0.2) is 34.7 Å². The Labute approximate surface area is 219 Å². The number of carbonyl (C=O) groups is 3. The first kappa shape index (κ1) is 27.2. The number of rotatable bonds is 13. The van der Waals surface area contributed by atoms with E-state index in [9.17, 15) is 19.5 Å². The number of para-hydroxylation sites is 1. The highest BCUT2D eigenvalue weighted by Crippen LogP contribution is 2.41. The highest BCUT2D eigenvalue weighted by Gasteiger charge is 2.48. The fraction of sp³-hybridized carbons (Fsp3) is 0.621. The fourth-order valence-electron chi connectivity index (χ4n) is 5.89. The molecule has 1 aromatic carbocycles. The van der Waals surface area contributed by atoms with Crippen molar-refractivity contribution in [3.63, 3.8) is 0 Å². The molecule has 1 N–H and O–H groups in total. The van der Waals surface area contributed by atoms with Gasteiger partial charge in [0.2, 0.25) is 11.8 Å². The lowest BCUT2D eigenvalue weighted by atomic mass is 9.87. The van der Waals surface area contributed by atoms with E-state index in [2.05, 4.69) is 13.8 Å². The van der Waals surface area contributed by atoms with E-state index in [4.69, 9.17) is 4.42 Å². The topological polar surface area (TPSA) is 94.3 Å². The van der Waals surface area contributed by atoms with Crippen LogP contribution in [-0.4, -0.2) is 82.9 Å². The monoisotopic (exact) mass is 511 g/mol. The quantitative estimate of drug-likeness (QED) is 0.430. The van der Waals surface area contributed by atoms with Crippen molar-refractivity contribution in [3.05, 3.63) is 36.1 Å². The summed E-state index contributed by atoms with van der Waals surface area (Å²) in [7, 11) is 0. The number of hydrogen-bond donors (Lipinski definition) is 1. The Hall–Kier alpha value is -2.87. The van der Waals surface area contributed by atoms with Crippen LogP contribution in [0.5, 0.6) is 0 Å². The van der Waals surface area contributed by atoms with Gasteiger partial charge in [-0.05, 0) is 37.8 Å². The second-order valence-electron chi connectivity index (χ2n) is 10.5. The Kier molecular flexibility index (Phi) is 9.24. The van der Waals surface area contributed by atoms with Crippen LogP contribution in [0.3, 0.4) is 0 Å². The number of furan rings is 1. The number of carbonyl (C=O) groups excluding carboxylic acids is 2. The third-order valence-electron chi connectivity index (χ3n) is 7.96. The normalized spacial score (nSPS) is 22.3. The molecule has 0 radical (unpaired) electrons. The summed E-state index contributed by atoms with van der Waals surface area (Å²) in [5, 5.41) is 11.3. The molecule has 8 heteroatoms. The molecule has 2 aromatic rings. The first-order valence-corrected chi connectivity index (χ1v) is 13.9. The molecule has 3 heterocycles. The first-order chi connectivity index (χ1) is 17.9. The maximum Gasteiger partial charge on any atom is 0.308 e. The molecular weight excluding hydrogens is 470 g/mol. The Morgan fingerprint density at radius 3 is 2.49 bits per heavy atom. The Morgan fingerprint density at radius 2 is 1.86 bits per heavy atom. The van der Waals surface area contributed by atoms with E-state index < -0.39 is 11.9 Å². The molecule has 2 aliphatic rings. The number of nitrogens with zero attached hydrogens (tertiary/aromatic N) is 3. The van der Waals surface area contributed by atoms with Gasteiger partial charge in [0.25, 0.3) is 0 Å². The van der Waals surface area contributed by atoms with E-state index >= 15 is 0 Å². The molecule has 0 aliphatic carbocycles. The molecular formula is C29H41N3O5. The van der Waals surface area contributed by atoms with Gasteiger partial charge in [0.1, 0.15) is 11.3 Å². The predicted molar refractivity (Wildman–Crippen MR) is 142 cm³/mol. The number of carboxylic acid groups (broad SMARTS) is 1. The number of fused-ring (bicyclic) bond motifs is 1. The van der Waals surface area contributed by atoms with Gasteiger partial charge in [0.15, 0.2) is 0 Å². The summed E-state index contributed by atoms with van der Waals surface area (Å²) in [6.45, 7) is 7.55. The molecule has 2 fully saturated rings. The lowest BCUT2D eigenvalue weighted by Crippen LogP contribution is -2.45. The number of carboxylic acids is 1. The minimum absolute atomic E-state index is 0.0542. The van der Waals surface area contributed by atoms with Gasteiger partial charge in [-0.3, -0.25) is 19.3 Å². The van der Waals surface area contributed by atoms with Gasteiger partial charge < -0.3 is 19.3 Å². The van der Waals surface area contributed by atoms with Crippen LogP contribution >= 0.6 is 0 Å². The van der Waals surface area contributed by atoms with Crippen molar-refractivity contribution in [2.24, 2.45) is 5.92 Å². The lowest BCUT2D eigenvalue weighted by molar-refractivity contribution is -0.144. The van der Waals surface area contributed by atoms with E-state index in [1.165, 1.54) is 0 Å². The molecule has 0 spiro atoms. The Balaban J connectivity index is 1.59. The average molecular weight is 512 g/mol. The number of aliphatic carboxylic acids is 1. The van der Waals surface area contributed by atoms with Crippen molar-refractivity contribution in [3.8, 4) is 0 Å². The molecule has 1 aromatic heterocycles. The third-order valence-corrected chi connectivity index (χ3v) is 7.96. The van der Waals surface area contributed by atoms with E-state index in [1.807, 2.05) is 45.0 Å². The van der Waals surface area contributed by atoms with Gasteiger partial charge in [-0.25, -0.2) is 0 Å². The van der Waals surface area contributed by atoms with Crippen LogP contribution < -0.4 is 0 Å². The summed E-state index contributed by atoms with van der Waals surface area (Å²) in [6, 6.07) is 9.28. The summed E-state index contributed by atoms with van der Waals surface area (Å²) in [6.07, 6.45) is 5.87. The fourth-order valence-corrected chi connectivity index (χ4v) is 5.89. The maximum absolute atomic E-state index is 13.5. The molecule has 2 aliphatic heterocycles. The molecule has 0 saturated carbocycles. The average Bonchev–Trinajstić information content (AvgIpc) is 3.59. The number of likely N-dealkylation sites (tertiary alicyclic amines) is 2. The van der Waals surface area contributed by atoms with Gasteiger partial charge in [0, 0.05) is 56.5 Å². The summed E-state index contributed by atoms with van der Waals surface area (Å²) in [4.78, 5) is 44.2. The maximum atomic E-state index is 13.5. The second kappa shape index (κ2) is 12.6. The van der Waals surface area contributed by atoms with Crippen molar-refractivity contribution in [1.29, 1.82) is 0 Å². The number of unbranched alkanes of at least 4 members (excludes halogenated alkanes) is 2. The largest absolute Gasteiger partial charge is 0.481 e. The van der Waals surface area contributed by atoms with Gasteiger partial charge in [-0.2, -0.15) is 0 Å². The Bertz CT molecular complexity index is 1040. The summed E-state index contributed by atoms with van der Waals surface area (Å²) < 4.78 is 6.13. The minimum Gasteiger partial charge on any atom is -0.481 e. The van der Waals surface area contributed by atoms with Crippen molar-refractivity contribution in [2.45, 2.75) is 70.8 Å². The van der Waals surface area contributed by atoms with Gasteiger partial charge in [-0.15, -0.1) is 0 Å². The van der Waals surface area contributed by atoms with Crippen LogP contribution in [0, 0.1) is 5.92 Å². The highest BCUT2D eigenvalue weighted by atomic mass is 16.4. The van der Waals surface area contributed by atoms with Crippen LogP contribution in [0.4, 0.5) is 0 Å². The van der Waals surface area contributed by atoms with E-state index in [0.717, 1.165) is 62.7 Å². The van der Waals surface area contributed by atoms with E-state index in [0.29, 0.717) is 31.7 Å². The molecule has 202 valence electrons. The highest BCUT2D eigenvalue weighted by molar-refractivity contribution is 5.80. The molecule has 8 nitrogen and oxygen atoms in total. The summed E-state index contributed by atoms with van der Waals surface area (Å²) in [5.41, 5.74) is 0.737. The number of benzene rings is 1. The zero-order valence-electron chi connectivity index (χ0n) is 22.2. The lowest BCUT2D eigenvalue weighted by Gasteiger charge is -2.30. The number of amides is 2. The van der Waals surface area contributed by atoms with Crippen LogP contribution in [-0.2, 0) is 14.4 Å². The van der Waals surface area contributed by atoms with Crippen molar-refractivity contribution >= 4 is 28.8 Å². The summed E-state index contributed by atoms with van der Waals surface area (Å²) in [5.74, 6) is -1.13. The predicted octanol–water partition coefficient (Wildman–Crippen LogP) is 4.34. The molecule has 3 unspecified atom stereocenters. The van der Waals surface area contributed by atoms with Gasteiger partial charge in [-0.1, -0.05) is 44.9 Å². The van der Waals surface area contributed by atoms with Crippen molar-refractivity contribution < 1.29 is 23.9 Å². The smallest absolute Gasteiger partial charge is 0.308 e. The van der Waals surface area contributed by atoms with Crippen LogP contribution in [0.2, 0.25) is 0 Å². The molecule has 2 saturated heterocycles. The molecule has 37 heavy (non-hydrogen) atoms. The third kappa shape index (κ3) is 6.35. The van der Waals surface area contributed by atoms with E-state index in [-0.39, 0.29) is 30.3 Å². The van der Waals surface area contributed by atoms with Gasteiger partial charge in [0.05, 0.1) is 12.5 Å². The molecule has 0 bridgehead atoms. The number of hydrogen-bond acceptors (Lipinski definition) is 5.